The number of unbranched alkanes of at least 4 members (excludes halogenated alkanes) is 2. The normalized spacial score (nSPS) is 8.41. The van der Waals surface area contributed by atoms with E-state index in [1.54, 1.807) is 0 Å². The van der Waals surface area contributed by atoms with E-state index in [1.165, 1.54) is 25.7 Å². The third-order valence-electron chi connectivity index (χ3n) is 1.82. The van der Waals surface area contributed by atoms with Crippen molar-refractivity contribution in [3.63, 3.8) is 0 Å². The van der Waals surface area contributed by atoms with Gasteiger partial charge in [-0.15, -0.1) is 0 Å². The van der Waals surface area contributed by atoms with Crippen molar-refractivity contribution >= 4 is 35.1 Å². The average Bonchev–Trinajstić information content (AvgIpc) is 2.16. The predicted octanol–water partition coefficient (Wildman–Crippen LogP) is 2.81. The van der Waals surface area contributed by atoms with Crippen LogP contribution in [-0.4, -0.2) is 33.4 Å². The van der Waals surface area contributed by atoms with Gasteiger partial charge in [0.2, 0.25) is 0 Å². The van der Waals surface area contributed by atoms with Gasteiger partial charge in [-0.2, -0.15) is 0 Å². The monoisotopic (exact) mass is 327 g/mol. The van der Waals surface area contributed by atoms with Crippen LogP contribution in [-0.2, 0) is 34.5 Å². The van der Waals surface area contributed by atoms with Crippen molar-refractivity contribution in [1.82, 2.24) is 4.90 Å². The van der Waals surface area contributed by atoms with Gasteiger partial charge in [-0.05, 0) is 12.8 Å². The second-order valence-corrected chi connectivity index (χ2v) is 4.51. The van der Waals surface area contributed by atoms with Gasteiger partial charge in [0.05, 0.1) is 0 Å². The van der Waals surface area contributed by atoms with Crippen LogP contribution in [0.2, 0.25) is 0 Å². The van der Waals surface area contributed by atoms with E-state index in [1.807, 2.05) is 0 Å². The minimum atomic E-state index is -0.833. The van der Waals surface area contributed by atoms with E-state index in [-0.39, 0.29) is 17.1 Å². The van der Waals surface area contributed by atoms with Gasteiger partial charge in [0.25, 0.3) is 5.97 Å². The van der Waals surface area contributed by atoms with Gasteiger partial charge in [-0.1, -0.05) is 31.0 Å². The molecule has 6 heteroatoms. The second-order valence-electron chi connectivity index (χ2n) is 3.48. The molecule has 0 aromatic heterocycles. The molecule has 0 aliphatic carbocycles. The standard InChI is InChI=1S/C9H19NS2.C2H4O2.Cu/c1-3-5-7-10(9(11)12)8-6-4-2;1-2(3)4;/h3-8H2,1-2H3,(H,11,12);1H3,(H,3,4);/q;;+1/p-1. The van der Waals surface area contributed by atoms with Gasteiger partial charge in [0.15, 0.2) is 0 Å². The van der Waals surface area contributed by atoms with Crippen molar-refractivity contribution in [2.45, 2.75) is 46.5 Å². The van der Waals surface area contributed by atoms with Gasteiger partial charge in [-0.25, -0.2) is 0 Å². The molecule has 0 fully saturated rings. The summed E-state index contributed by atoms with van der Waals surface area (Å²) in [7, 11) is 0. The fraction of sp³-hybridized carbons (Fsp3) is 0.818. The third kappa shape index (κ3) is 21.9. The van der Waals surface area contributed by atoms with Crippen LogP contribution in [0.5, 0.6) is 0 Å². The maximum atomic E-state index is 9.00. The Morgan fingerprint density at radius 3 is 1.71 bits per heavy atom. The maximum Gasteiger partial charge on any atom is 1.00 e. The number of carboxylic acids is 1. The van der Waals surface area contributed by atoms with E-state index in [2.05, 4.69) is 18.7 Å². The maximum absolute atomic E-state index is 9.00. The molecule has 17 heavy (non-hydrogen) atoms. The molecule has 0 rings (SSSR count). The molecule has 0 spiro atoms. The molecule has 0 atom stereocenters. The van der Waals surface area contributed by atoms with Crippen LogP contribution in [0, 0.1) is 0 Å². The summed E-state index contributed by atoms with van der Waals surface area (Å²) in [5, 5.41) is 7.42. The Labute approximate surface area is 126 Å². The zero-order valence-corrected chi connectivity index (χ0v) is 13.2. The zero-order valence-electron chi connectivity index (χ0n) is 10.7. The van der Waals surface area contributed by atoms with Crippen molar-refractivity contribution in [3.05, 3.63) is 0 Å². The second kappa shape index (κ2) is 16.1. The molecule has 0 aromatic carbocycles. The van der Waals surface area contributed by atoms with Crippen LogP contribution in [0.25, 0.3) is 0 Å². The quantitative estimate of drug-likeness (QED) is 0.461. The number of thiocarbonyl (C=S) groups is 1. The fourth-order valence-corrected chi connectivity index (χ4v) is 1.36. The number of nitrogens with zero attached hydrogens (tertiary/aromatic N) is 1. The smallest absolute Gasteiger partial charge is 0.481 e. The summed E-state index contributed by atoms with van der Waals surface area (Å²) in [5.41, 5.74) is 0. The van der Waals surface area contributed by atoms with Crippen LogP contribution in [0.3, 0.4) is 0 Å². The zero-order chi connectivity index (χ0) is 13.0. The molecule has 1 N–H and O–H groups in total. The molecule has 106 valence electrons. The first-order chi connectivity index (χ1) is 7.45. The molecule has 0 bridgehead atoms. The molecule has 0 unspecified atom stereocenters. The largest absolute Gasteiger partial charge is 1.00 e. The minimum absolute atomic E-state index is 0. The summed E-state index contributed by atoms with van der Waals surface area (Å²) >= 11 is 9.97. The van der Waals surface area contributed by atoms with E-state index in [4.69, 9.17) is 34.7 Å². The van der Waals surface area contributed by atoms with Crippen LogP contribution >= 0.6 is 12.2 Å². The molecule has 3 nitrogen and oxygen atoms in total. The Hall–Kier alpha value is 0.0995. The number of hydrogen-bond donors (Lipinski definition) is 1. The van der Waals surface area contributed by atoms with E-state index < -0.39 is 5.97 Å². The van der Waals surface area contributed by atoms with Gasteiger partial charge >= 0.3 is 17.1 Å². The number of aliphatic carboxylic acids is 1. The Kier molecular flexibility index (Phi) is 21.1. The molecule has 0 amide bonds. The Morgan fingerprint density at radius 2 is 1.53 bits per heavy atom. The van der Waals surface area contributed by atoms with E-state index in [0.29, 0.717) is 4.32 Å². The molecule has 0 saturated carbocycles. The van der Waals surface area contributed by atoms with Crippen LogP contribution < -0.4 is 0 Å². The molecule has 0 aromatic rings. The SMILES string of the molecule is CC(=O)O.CCCCN(CCCC)C(=S)[S-].[Cu+]. The Balaban J connectivity index is -0.000000340. The molecule has 0 aliphatic heterocycles. The average molecular weight is 328 g/mol. The van der Waals surface area contributed by atoms with Crippen molar-refractivity contribution in [3.8, 4) is 0 Å². The summed E-state index contributed by atoms with van der Waals surface area (Å²) in [5.74, 6) is -0.833. The van der Waals surface area contributed by atoms with Gasteiger partial charge in [0, 0.05) is 20.0 Å². The van der Waals surface area contributed by atoms with E-state index in [9.17, 15) is 0 Å². The number of carbonyl (C=O) groups is 1. The molecular weight excluding hydrogens is 306 g/mol. The Morgan fingerprint density at radius 1 is 1.24 bits per heavy atom. The topological polar surface area (TPSA) is 40.5 Å². The molecule has 0 radical (unpaired) electrons. The van der Waals surface area contributed by atoms with Gasteiger partial charge in [0.1, 0.15) is 0 Å². The van der Waals surface area contributed by atoms with Crippen LogP contribution in [0.4, 0.5) is 0 Å². The fourth-order valence-electron chi connectivity index (χ4n) is 0.992. The van der Waals surface area contributed by atoms with Gasteiger partial charge < -0.3 is 34.9 Å². The summed E-state index contributed by atoms with van der Waals surface area (Å²) in [6.45, 7) is 7.53. The minimum Gasteiger partial charge on any atom is -0.481 e. The molecule has 0 saturated heterocycles. The Bertz CT molecular complexity index is 192. The van der Waals surface area contributed by atoms with E-state index in [0.717, 1.165) is 20.0 Å². The summed E-state index contributed by atoms with van der Waals surface area (Å²) < 4.78 is 0.636. The molecule has 0 aliphatic rings. The summed E-state index contributed by atoms with van der Waals surface area (Å²) in [6, 6.07) is 0. The number of carboxylic acid groups (broad SMARTS) is 1. The van der Waals surface area contributed by atoms with Crippen LogP contribution in [0.15, 0.2) is 0 Å². The number of hydrogen-bond acceptors (Lipinski definition) is 3. The van der Waals surface area contributed by atoms with E-state index >= 15 is 0 Å². The van der Waals surface area contributed by atoms with Crippen molar-refractivity contribution in [2.75, 3.05) is 13.1 Å². The van der Waals surface area contributed by atoms with Crippen molar-refractivity contribution < 1.29 is 27.0 Å². The first kappa shape index (κ1) is 22.3. The molecular formula is C11H22CuNO2S2. The summed E-state index contributed by atoms with van der Waals surface area (Å²) in [6.07, 6.45) is 4.81. The summed E-state index contributed by atoms with van der Waals surface area (Å²) in [4.78, 5) is 11.1. The first-order valence-electron chi connectivity index (χ1n) is 5.61. The van der Waals surface area contributed by atoms with Crippen LogP contribution in [0.1, 0.15) is 46.5 Å². The third-order valence-corrected chi connectivity index (χ3v) is 2.34. The van der Waals surface area contributed by atoms with Gasteiger partial charge in [-0.3, -0.25) is 4.79 Å². The van der Waals surface area contributed by atoms with Crippen molar-refractivity contribution in [2.24, 2.45) is 0 Å². The predicted molar refractivity (Wildman–Crippen MR) is 74.7 cm³/mol. The van der Waals surface area contributed by atoms with Crippen molar-refractivity contribution in [1.29, 1.82) is 0 Å². The number of rotatable bonds is 6. The first-order valence-corrected chi connectivity index (χ1v) is 6.42. The molecule has 0 heterocycles.